The molecule has 0 spiro atoms. The van der Waals surface area contributed by atoms with Crippen LogP contribution in [-0.2, 0) is 29.1 Å². The minimum Gasteiger partial charge on any atom is -0.472 e. The fourth-order valence-corrected chi connectivity index (χ4v) is 7.93. The van der Waals surface area contributed by atoms with Crippen LogP contribution in [0.15, 0.2) is 73.3 Å². The first kappa shape index (κ1) is 37.7. The molecule has 1 saturated heterocycles. The maximum absolute atomic E-state index is 14.2. The number of aromatic nitrogens is 1. The second kappa shape index (κ2) is 14.4. The summed E-state index contributed by atoms with van der Waals surface area (Å²) in [7, 11) is -3.93. The molecule has 2 saturated carbocycles. The quantitative estimate of drug-likeness (QED) is 0.200. The first-order valence-corrected chi connectivity index (χ1v) is 19.2. The van der Waals surface area contributed by atoms with Gasteiger partial charge in [-0.2, -0.15) is 0 Å². The van der Waals surface area contributed by atoms with Crippen molar-refractivity contribution in [2.75, 3.05) is 6.54 Å². The number of nitrogens with zero attached hydrogens (tertiary/aromatic N) is 2. The Morgan fingerprint density at radius 2 is 1.75 bits per heavy atom. The molecule has 3 aromatic rings. The Kier molecular flexibility index (Phi) is 10.3. The van der Waals surface area contributed by atoms with Crippen LogP contribution in [0.5, 0.6) is 5.88 Å². The van der Waals surface area contributed by atoms with Crippen LogP contribution in [-0.4, -0.2) is 94.4 Å². The average Bonchev–Trinajstić information content (AvgIpc) is 4.03. The Balaban J connectivity index is 1.31. The summed E-state index contributed by atoms with van der Waals surface area (Å²) in [6, 6.07) is 16.2. The first-order valence-electron chi connectivity index (χ1n) is 17.6. The van der Waals surface area contributed by atoms with Gasteiger partial charge in [0.1, 0.15) is 29.3 Å². The zero-order chi connectivity index (χ0) is 38.3. The third-order valence-corrected chi connectivity index (χ3v) is 11.4. The molecular formula is C38H45N5O9S. The van der Waals surface area contributed by atoms with Gasteiger partial charge in [-0.05, 0) is 64.5 Å². The van der Waals surface area contributed by atoms with Gasteiger partial charge in [0.25, 0.3) is 5.91 Å². The summed E-state index contributed by atoms with van der Waals surface area (Å²) in [5, 5.41) is 16.7. The van der Waals surface area contributed by atoms with Gasteiger partial charge in [0.05, 0.1) is 23.6 Å². The van der Waals surface area contributed by atoms with Gasteiger partial charge < -0.3 is 30.1 Å². The van der Waals surface area contributed by atoms with E-state index in [1.807, 2.05) is 60.7 Å². The summed E-state index contributed by atoms with van der Waals surface area (Å²) in [5.74, 6) is -2.71. The zero-order valence-electron chi connectivity index (χ0n) is 30.1. The molecule has 0 radical (unpaired) electrons. The fourth-order valence-electron chi connectivity index (χ4n) is 6.57. The molecule has 3 fully saturated rings. The van der Waals surface area contributed by atoms with Crippen molar-refractivity contribution in [2.24, 2.45) is 5.92 Å². The zero-order valence-corrected chi connectivity index (χ0v) is 30.9. The number of carbonyl (C=O) groups is 4. The second-order valence-electron chi connectivity index (χ2n) is 14.9. The van der Waals surface area contributed by atoms with Crippen LogP contribution >= 0.6 is 0 Å². The molecular weight excluding hydrogens is 703 g/mol. The Morgan fingerprint density at radius 1 is 1.08 bits per heavy atom. The predicted octanol–water partition coefficient (Wildman–Crippen LogP) is 3.19. The Morgan fingerprint density at radius 3 is 2.38 bits per heavy atom. The summed E-state index contributed by atoms with van der Waals surface area (Å²) >= 11 is 0. The number of sulfonamides is 1. The summed E-state index contributed by atoms with van der Waals surface area (Å²) < 4.78 is 39.3. The number of rotatable bonds is 12. The third-order valence-electron chi connectivity index (χ3n) is 9.57. The van der Waals surface area contributed by atoms with E-state index >= 15 is 0 Å². The molecule has 4 amide bonds. The first-order chi connectivity index (χ1) is 25.0. The highest BCUT2D eigenvalue weighted by Crippen LogP contribution is 2.45. The Labute approximate surface area is 308 Å². The number of hydrogen-bond acceptors (Lipinski definition) is 10. The molecule has 2 aromatic carbocycles. The lowest BCUT2D eigenvalue weighted by Crippen LogP contribution is -2.60. The van der Waals surface area contributed by atoms with Crippen molar-refractivity contribution in [2.45, 2.75) is 94.1 Å². The molecule has 53 heavy (non-hydrogen) atoms. The van der Waals surface area contributed by atoms with Crippen molar-refractivity contribution >= 4 is 44.6 Å². The van der Waals surface area contributed by atoms with E-state index in [0.29, 0.717) is 23.9 Å². The molecule has 1 aromatic heterocycles. The average molecular weight is 748 g/mol. The highest BCUT2D eigenvalue weighted by molar-refractivity contribution is 7.91. The van der Waals surface area contributed by atoms with Gasteiger partial charge in [-0.1, -0.05) is 54.6 Å². The minimum atomic E-state index is -3.93. The molecule has 0 bridgehead atoms. The van der Waals surface area contributed by atoms with E-state index in [1.165, 1.54) is 17.9 Å². The van der Waals surface area contributed by atoms with Gasteiger partial charge in [-0.15, -0.1) is 6.58 Å². The number of alkyl carbamates (subject to hydrolysis) is 1. The molecule has 1 aliphatic heterocycles. The lowest BCUT2D eigenvalue weighted by molar-refractivity contribution is -0.142. The number of nitrogens with one attached hydrogen (secondary N) is 3. The topological polar surface area (TPSA) is 193 Å². The number of hydrogen-bond donors (Lipinski definition) is 4. The number of benzene rings is 2. The van der Waals surface area contributed by atoms with Gasteiger partial charge >= 0.3 is 6.09 Å². The van der Waals surface area contributed by atoms with Crippen LogP contribution < -0.4 is 20.1 Å². The summed E-state index contributed by atoms with van der Waals surface area (Å²) in [6.07, 6.45) is -0.754. The van der Waals surface area contributed by atoms with Crippen LogP contribution in [0.2, 0.25) is 0 Å². The highest BCUT2D eigenvalue weighted by atomic mass is 32.2. The van der Waals surface area contributed by atoms with Gasteiger partial charge in [0.2, 0.25) is 27.7 Å². The normalized spacial score (nSPS) is 23.7. The van der Waals surface area contributed by atoms with Crippen molar-refractivity contribution < 1.29 is 42.2 Å². The molecule has 4 N–H and O–H groups in total. The fraction of sp³-hybridized carbons (Fsp3) is 0.447. The van der Waals surface area contributed by atoms with E-state index in [2.05, 4.69) is 21.9 Å². The van der Waals surface area contributed by atoms with E-state index < -0.39 is 80.4 Å². The lowest BCUT2D eigenvalue weighted by Gasteiger charge is -2.31. The maximum atomic E-state index is 14.2. The monoisotopic (exact) mass is 747 g/mol. The molecule has 3 aliphatic rings. The smallest absolute Gasteiger partial charge is 0.408 e. The standard InChI is InChI=1S/C38H45N5O9S/c1-6-25-20-38(25,35(47)42-53(49,50)27-16-17-27)41-32(45)30-19-26(21-43(30)34(46)31(22(2)44)40-36(48)52-37(3,4)5)51-33-28-15-11-10-14-24(28)18-29(39-33)23-12-8-7-9-13-23/h6-15,18,22,25-27,30-31,44H,1,16-17,19-21H2,2-5H3,(H,40,48)(H,41,45)(H,42,47). The number of ether oxygens (including phenoxy) is 2. The van der Waals surface area contributed by atoms with Crippen LogP contribution in [0.3, 0.4) is 0 Å². The van der Waals surface area contributed by atoms with Crippen LogP contribution in [0.1, 0.15) is 53.4 Å². The summed E-state index contributed by atoms with van der Waals surface area (Å²) in [4.78, 5) is 60.7. The number of carbonyl (C=O) groups excluding carboxylic acids is 4. The van der Waals surface area contributed by atoms with Crippen molar-refractivity contribution in [3.8, 4) is 17.1 Å². The maximum Gasteiger partial charge on any atom is 0.408 e. The number of aliphatic hydroxyl groups is 1. The Hall–Kier alpha value is -5.02. The molecule has 2 aliphatic carbocycles. The molecule has 6 atom stereocenters. The third kappa shape index (κ3) is 8.31. The van der Waals surface area contributed by atoms with Crippen molar-refractivity contribution in [1.29, 1.82) is 0 Å². The van der Waals surface area contributed by atoms with Crippen molar-refractivity contribution in [3.63, 3.8) is 0 Å². The van der Waals surface area contributed by atoms with Crippen molar-refractivity contribution in [1.82, 2.24) is 25.2 Å². The van der Waals surface area contributed by atoms with Crippen LogP contribution in [0, 0.1) is 5.92 Å². The molecule has 14 nitrogen and oxygen atoms in total. The van der Waals surface area contributed by atoms with Crippen LogP contribution in [0.4, 0.5) is 4.79 Å². The molecule has 15 heteroatoms. The SMILES string of the molecule is C=CC1CC1(NC(=O)C1CC(Oc2nc(-c3ccccc3)cc3ccccc23)CN1C(=O)C(NC(=O)OC(C)(C)C)C(C)O)C(=O)NS(=O)(=O)C1CC1. The van der Waals surface area contributed by atoms with Gasteiger partial charge in [0, 0.05) is 23.3 Å². The lowest BCUT2D eigenvalue weighted by atomic mass is 10.1. The molecule has 2 heterocycles. The highest BCUT2D eigenvalue weighted by Gasteiger charge is 2.62. The number of amides is 4. The molecule has 282 valence electrons. The summed E-state index contributed by atoms with van der Waals surface area (Å²) in [5.41, 5.74) is -1.00. The number of likely N-dealkylation sites (tertiary alicyclic amines) is 1. The van der Waals surface area contributed by atoms with Crippen LogP contribution in [0.25, 0.3) is 22.0 Å². The second-order valence-corrected chi connectivity index (χ2v) is 16.9. The van der Waals surface area contributed by atoms with E-state index in [0.717, 1.165) is 10.9 Å². The summed E-state index contributed by atoms with van der Waals surface area (Å²) in [6.45, 7) is 9.86. The van der Waals surface area contributed by atoms with E-state index in [1.54, 1.807) is 20.8 Å². The van der Waals surface area contributed by atoms with E-state index in [9.17, 15) is 32.7 Å². The number of aliphatic hydroxyl groups excluding tert-OH is 1. The van der Waals surface area contributed by atoms with E-state index in [4.69, 9.17) is 14.5 Å². The number of pyridine rings is 1. The van der Waals surface area contributed by atoms with E-state index in [-0.39, 0.29) is 25.3 Å². The van der Waals surface area contributed by atoms with Gasteiger partial charge in [-0.3, -0.25) is 19.1 Å². The molecule has 6 rings (SSSR count). The Bertz CT molecular complexity index is 2030. The number of fused-ring (bicyclic) bond motifs is 1. The predicted molar refractivity (Wildman–Crippen MR) is 196 cm³/mol. The minimum absolute atomic E-state index is 0.0566. The van der Waals surface area contributed by atoms with Gasteiger partial charge in [-0.25, -0.2) is 18.2 Å². The molecule has 6 unspecified atom stereocenters. The van der Waals surface area contributed by atoms with Crippen molar-refractivity contribution in [3.05, 3.63) is 73.3 Å². The van der Waals surface area contributed by atoms with Gasteiger partial charge in [0.15, 0.2) is 0 Å². The largest absolute Gasteiger partial charge is 0.472 e.